The third-order valence-electron chi connectivity index (χ3n) is 3.97. The number of nitrogens with one attached hydrogen (secondary N) is 1. The number of halogens is 1. The monoisotopic (exact) mass is 343 g/mol. The fourth-order valence-corrected chi connectivity index (χ4v) is 2.62. The second-order valence-electron chi connectivity index (χ2n) is 6.42. The van der Waals surface area contributed by atoms with Crippen LogP contribution >= 0.6 is 0 Å². The molecule has 2 atom stereocenters. The zero-order valence-corrected chi connectivity index (χ0v) is 14.3. The van der Waals surface area contributed by atoms with Crippen molar-refractivity contribution in [2.75, 3.05) is 0 Å². The Hall–Kier alpha value is -2.53. The number of rotatable bonds is 7. The normalized spacial score (nSPS) is 14.4. The average Bonchev–Trinajstić information content (AvgIpc) is 2.55. The molecular formula is C20H22FNO3. The van der Waals surface area contributed by atoms with Gasteiger partial charge in [-0.2, -0.15) is 0 Å². The Morgan fingerprint density at radius 1 is 1.12 bits per heavy atom. The summed E-state index contributed by atoms with van der Waals surface area (Å²) in [6.45, 7) is 3.30. The average molecular weight is 343 g/mol. The summed E-state index contributed by atoms with van der Waals surface area (Å²) in [5.41, 5.74) is -0.231. The molecule has 2 aromatic carbocycles. The minimum absolute atomic E-state index is 0.102. The second kappa shape index (κ2) is 8.03. The Bertz CT molecular complexity index is 726. The summed E-state index contributed by atoms with van der Waals surface area (Å²) in [6.07, 6.45) is -0.00303. The van der Waals surface area contributed by atoms with Crippen LogP contribution in [0.4, 0.5) is 4.39 Å². The molecule has 0 radical (unpaired) electrons. The summed E-state index contributed by atoms with van der Waals surface area (Å²) >= 11 is 0. The lowest BCUT2D eigenvalue weighted by molar-refractivity contribution is -0.126. The summed E-state index contributed by atoms with van der Waals surface area (Å²) in [4.78, 5) is 24.3. The number of hydrogen-bond acceptors (Lipinski definition) is 3. The van der Waals surface area contributed by atoms with E-state index in [4.69, 9.17) is 0 Å². The molecule has 1 amide bonds. The lowest BCUT2D eigenvalue weighted by Gasteiger charge is -2.24. The lowest BCUT2D eigenvalue weighted by atomic mass is 9.92. The highest BCUT2D eigenvalue weighted by atomic mass is 19.1. The van der Waals surface area contributed by atoms with E-state index in [1.165, 1.54) is 24.3 Å². The summed E-state index contributed by atoms with van der Waals surface area (Å²) in [7, 11) is 0. The van der Waals surface area contributed by atoms with Crippen molar-refractivity contribution in [3.63, 3.8) is 0 Å². The second-order valence-corrected chi connectivity index (χ2v) is 6.42. The molecule has 0 aliphatic rings. The van der Waals surface area contributed by atoms with Gasteiger partial charge in [-0.1, -0.05) is 30.3 Å². The number of hydrogen-bond donors (Lipinski definition) is 2. The molecule has 0 bridgehead atoms. The third-order valence-corrected chi connectivity index (χ3v) is 3.97. The number of carbonyl (C=O) groups is 2. The summed E-state index contributed by atoms with van der Waals surface area (Å²) in [6, 6.07) is 13.9. The fraction of sp³-hybridized carbons (Fsp3) is 0.300. The first-order chi connectivity index (χ1) is 11.8. The molecule has 0 saturated carbocycles. The molecule has 2 aromatic rings. The van der Waals surface area contributed by atoms with Gasteiger partial charge in [-0.05, 0) is 43.7 Å². The van der Waals surface area contributed by atoms with E-state index in [0.29, 0.717) is 11.1 Å². The van der Waals surface area contributed by atoms with Gasteiger partial charge in [0.05, 0.1) is 12.0 Å². The van der Waals surface area contributed by atoms with Crippen molar-refractivity contribution in [2.45, 2.75) is 38.3 Å². The highest BCUT2D eigenvalue weighted by Gasteiger charge is 2.27. The van der Waals surface area contributed by atoms with Crippen molar-refractivity contribution >= 4 is 11.7 Å². The molecule has 2 unspecified atom stereocenters. The van der Waals surface area contributed by atoms with Gasteiger partial charge >= 0.3 is 0 Å². The standard InChI is InChI=1S/C20H22FNO3/c1-14(12-18(23)15-8-10-17(21)11-9-15)22-19(24)13-20(2,25)16-6-4-3-5-7-16/h3-11,14,25H,12-13H2,1-2H3,(H,22,24). The maximum Gasteiger partial charge on any atom is 0.223 e. The van der Waals surface area contributed by atoms with E-state index in [0.717, 1.165) is 0 Å². The summed E-state index contributed by atoms with van der Waals surface area (Å²) in [5.74, 6) is -0.920. The highest BCUT2D eigenvalue weighted by Crippen LogP contribution is 2.24. The van der Waals surface area contributed by atoms with Gasteiger partial charge in [-0.3, -0.25) is 9.59 Å². The van der Waals surface area contributed by atoms with Crippen molar-refractivity contribution in [2.24, 2.45) is 0 Å². The zero-order valence-electron chi connectivity index (χ0n) is 14.3. The molecule has 0 fully saturated rings. The smallest absolute Gasteiger partial charge is 0.223 e. The Kier molecular flexibility index (Phi) is 6.04. The molecule has 132 valence electrons. The molecule has 2 N–H and O–H groups in total. The zero-order chi connectivity index (χ0) is 18.4. The van der Waals surface area contributed by atoms with Crippen LogP contribution in [0.25, 0.3) is 0 Å². The molecule has 0 spiro atoms. The van der Waals surface area contributed by atoms with Crippen LogP contribution in [0.2, 0.25) is 0 Å². The van der Waals surface area contributed by atoms with Gasteiger partial charge in [0.1, 0.15) is 5.82 Å². The molecule has 0 heterocycles. The van der Waals surface area contributed by atoms with Crippen molar-refractivity contribution in [1.82, 2.24) is 5.32 Å². The first kappa shape index (κ1) is 18.8. The van der Waals surface area contributed by atoms with Gasteiger partial charge in [0.2, 0.25) is 5.91 Å². The van der Waals surface area contributed by atoms with Crippen molar-refractivity contribution in [3.05, 3.63) is 71.5 Å². The first-order valence-electron chi connectivity index (χ1n) is 8.14. The quantitative estimate of drug-likeness (QED) is 0.759. The summed E-state index contributed by atoms with van der Waals surface area (Å²) in [5, 5.41) is 13.2. The lowest BCUT2D eigenvalue weighted by Crippen LogP contribution is -2.38. The minimum atomic E-state index is -1.29. The molecule has 4 nitrogen and oxygen atoms in total. The Morgan fingerprint density at radius 2 is 1.72 bits per heavy atom. The number of carbonyl (C=O) groups excluding carboxylic acids is 2. The Balaban J connectivity index is 1.89. The largest absolute Gasteiger partial charge is 0.385 e. The van der Waals surface area contributed by atoms with Crippen molar-refractivity contribution in [1.29, 1.82) is 0 Å². The molecular weight excluding hydrogens is 321 g/mol. The van der Waals surface area contributed by atoms with Crippen molar-refractivity contribution < 1.29 is 19.1 Å². The van der Waals surface area contributed by atoms with Crippen LogP contribution in [-0.2, 0) is 10.4 Å². The van der Waals surface area contributed by atoms with Crippen LogP contribution in [0.3, 0.4) is 0 Å². The number of aliphatic hydroxyl groups is 1. The minimum Gasteiger partial charge on any atom is -0.385 e. The predicted molar refractivity (Wildman–Crippen MR) is 93.6 cm³/mol. The van der Waals surface area contributed by atoms with Crippen LogP contribution in [0.5, 0.6) is 0 Å². The molecule has 0 aliphatic carbocycles. The third kappa shape index (κ3) is 5.50. The fourth-order valence-electron chi connectivity index (χ4n) is 2.62. The van der Waals surface area contributed by atoms with E-state index in [1.807, 2.05) is 6.07 Å². The molecule has 0 aromatic heterocycles. The van der Waals surface area contributed by atoms with E-state index in [9.17, 15) is 19.1 Å². The molecule has 2 rings (SSSR count). The molecule has 5 heteroatoms. The topological polar surface area (TPSA) is 66.4 Å². The van der Waals surface area contributed by atoms with E-state index in [1.54, 1.807) is 38.1 Å². The van der Waals surface area contributed by atoms with Gasteiger partial charge in [0.25, 0.3) is 0 Å². The van der Waals surface area contributed by atoms with E-state index >= 15 is 0 Å². The van der Waals surface area contributed by atoms with Gasteiger partial charge in [-0.25, -0.2) is 4.39 Å². The van der Waals surface area contributed by atoms with E-state index in [2.05, 4.69) is 5.32 Å². The van der Waals surface area contributed by atoms with Crippen LogP contribution < -0.4 is 5.32 Å². The SMILES string of the molecule is CC(CC(=O)c1ccc(F)cc1)NC(=O)CC(C)(O)c1ccccc1. The molecule has 0 saturated heterocycles. The van der Waals surface area contributed by atoms with Crippen LogP contribution in [0, 0.1) is 5.82 Å². The van der Waals surface area contributed by atoms with E-state index in [-0.39, 0.29) is 24.5 Å². The number of ketones is 1. The maximum atomic E-state index is 12.9. The van der Waals surface area contributed by atoms with E-state index < -0.39 is 17.5 Å². The predicted octanol–water partition coefficient (Wildman–Crippen LogP) is 3.20. The van der Waals surface area contributed by atoms with Gasteiger partial charge in [-0.15, -0.1) is 0 Å². The number of benzene rings is 2. The maximum absolute atomic E-state index is 12.9. The van der Waals surface area contributed by atoms with Gasteiger partial charge in [0, 0.05) is 18.0 Å². The number of amides is 1. The van der Waals surface area contributed by atoms with Gasteiger partial charge in [0.15, 0.2) is 5.78 Å². The van der Waals surface area contributed by atoms with Crippen LogP contribution in [0.15, 0.2) is 54.6 Å². The first-order valence-corrected chi connectivity index (χ1v) is 8.14. The Labute approximate surface area is 146 Å². The Morgan fingerprint density at radius 3 is 2.32 bits per heavy atom. The van der Waals surface area contributed by atoms with Gasteiger partial charge < -0.3 is 10.4 Å². The molecule has 0 aliphatic heterocycles. The highest BCUT2D eigenvalue weighted by molar-refractivity contribution is 5.96. The van der Waals surface area contributed by atoms with Crippen LogP contribution in [-0.4, -0.2) is 22.8 Å². The van der Waals surface area contributed by atoms with Crippen molar-refractivity contribution in [3.8, 4) is 0 Å². The molecule has 25 heavy (non-hydrogen) atoms. The van der Waals surface area contributed by atoms with Crippen LogP contribution in [0.1, 0.15) is 42.6 Å². The summed E-state index contributed by atoms with van der Waals surface area (Å²) < 4.78 is 12.9. The number of Topliss-reactive ketones (excluding diaryl/α,β-unsaturated/α-hetero) is 1.